The average Bonchev–Trinajstić information content (AvgIpc) is 2.87. The topological polar surface area (TPSA) is 53.4 Å². The summed E-state index contributed by atoms with van der Waals surface area (Å²) in [7, 11) is 3.11. The third-order valence-corrected chi connectivity index (χ3v) is 3.64. The Balaban J connectivity index is 2.47. The average molecular weight is 353 g/mol. The number of ketones is 1. The van der Waals surface area contributed by atoms with Crippen molar-refractivity contribution in [1.82, 2.24) is 9.78 Å². The van der Waals surface area contributed by atoms with Gasteiger partial charge in [0.25, 0.3) is 0 Å². The fourth-order valence-electron chi connectivity index (χ4n) is 2.04. The molecule has 1 aromatic carbocycles. The first-order valence-electron chi connectivity index (χ1n) is 6.59. The van der Waals surface area contributed by atoms with E-state index in [0.717, 1.165) is 6.42 Å². The lowest BCUT2D eigenvalue weighted by atomic mass is 10.1. The van der Waals surface area contributed by atoms with Gasteiger partial charge >= 0.3 is 0 Å². The predicted molar refractivity (Wildman–Crippen MR) is 83.2 cm³/mol. The maximum absolute atomic E-state index is 12.8. The highest BCUT2D eigenvalue weighted by Crippen LogP contribution is 2.26. The quantitative estimate of drug-likeness (QED) is 0.748. The Bertz CT molecular complexity index is 630. The summed E-state index contributed by atoms with van der Waals surface area (Å²) in [5, 5.41) is 4.22. The molecule has 0 fully saturated rings. The third-order valence-electron chi connectivity index (χ3n) is 3.06. The smallest absolute Gasteiger partial charge is 0.212 e. The Morgan fingerprint density at radius 2 is 1.86 bits per heavy atom. The van der Waals surface area contributed by atoms with Crippen LogP contribution < -0.4 is 9.47 Å². The van der Waals surface area contributed by atoms with E-state index in [1.165, 1.54) is 0 Å². The van der Waals surface area contributed by atoms with Crippen molar-refractivity contribution in [2.45, 2.75) is 19.9 Å². The number of aryl methyl sites for hydroxylation is 1. The Morgan fingerprint density at radius 1 is 1.24 bits per heavy atom. The molecule has 1 aromatic heterocycles. The fourth-order valence-corrected chi connectivity index (χ4v) is 2.52. The summed E-state index contributed by atoms with van der Waals surface area (Å²) in [6, 6.07) is 5.12. The fraction of sp³-hybridized carbons (Fsp3) is 0.333. The van der Waals surface area contributed by atoms with Crippen LogP contribution in [0.15, 0.2) is 28.9 Å². The zero-order chi connectivity index (χ0) is 15.4. The maximum Gasteiger partial charge on any atom is 0.212 e. The van der Waals surface area contributed by atoms with Gasteiger partial charge in [-0.25, -0.2) is 0 Å². The van der Waals surface area contributed by atoms with E-state index in [9.17, 15) is 4.79 Å². The Hall–Kier alpha value is -1.82. The van der Waals surface area contributed by atoms with Crippen LogP contribution in [0.25, 0.3) is 0 Å². The van der Waals surface area contributed by atoms with Crippen molar-refractivity contribution in [3.8, 4) is 11.5 Å². The summed E-state index contributed by atoms with van der Waals surface area (Å²) in [6.45, 7) is 2.73. The van der Waals surface area contributed by atoms with Gasteiger partial charge in [0.1, 0.15) is 17.2 Å². The summed E-state index contributed by atoms with van der Waals surface area (Å²) in [6.07, 6.45) is 2.54. The molecule has 0 unspecified atom stereocenters. The Morgan fingerprint density at radius 3 is 2.38 bits per heavy atom. The van der Waals surface area contributed by atoms with Crippen LogP contribution >= 0.6 is 15.9 Å². The minimum atomic E-state index is -0.120. The number of carbonyl (C=O) groups excluding carboxylic acids is 1. The van der Waals surface area contributed by atoms with Crippen LogP contribution in [0.4, 0.5) is 0 Å². The first-order valence-corrected chi connectivity index (χ1v) is 7.39. The Labute approximate surface area is 132 Å². The summed E-state index contributed by atoms with van der Waals surface area (Å²) in [5.41, 5.74) is 1.04. The second kappa shape index (κ2) is 6.76. The van der Waals surface area contributed by atoms with Crippen LogP contribution in [0.3, 0.4) is 0 Å². The number of carbonyl (C=O) groups is 1. The molecule has 0 radical (unpaired) electrons. The monoisotopic (exact) mass is 352 g/mol. The van der Waals surface area contributed by atoms with E-state index < -0.39 is 0 Å². The van der Waals surface area contributed by atoms with E-state index in [1.54, 1.807) is 43.3 Å². The minimum absolute atomic E-state index is 0.120. The van der Waals surface area contributed by atoms with Crippen molar-refractivity contribution in [2.75, 3.05) is 14.2 Å². The number of nitrogens with zero attached hydrogens (tertiary/aromatic N) is 2. The molecule has 0 aliphatic heterocycles. The molecule has 1 heterocycles. The minimum Gasteiger partial charge on any atom is -0.497 e. The largest absolute Gasteiger partial charge is 0.497 e. The van der Waals surface area contributed by atoms with E-state index in [2.05, 4.69) is 21.0 Å². The van der Waals surface area contributed by atoms with Crippen LogP contribution in [-0.4, -0.2) is 29.8 Å². The van der Waals surface area contributed by atoms with Gasteiger partial charge in [0.15, 0.2) is 0 Å². The number of hydrogen-bond donors (Lipinski definition) is 0. The number of halogens is 1. The number of ether oxygens (including phenoxy) is 2. The maximum atomic E-state index is 12.8. The molecule has 2 rings (SSSR count). The number of hydrogen-bond acceptors (Lipinski definition) is 4. The van der Waals surface area contributed by atoms with Crippen LogP contribution in [0.5, 0.6) is 11.5 Å². The second-order valence-corrected chi connectivity index (χ2v) is 5.35. The number of rotatable bonds is 6. The number of methoxy groups -OCH3 is 2. The molecule has 0 saturated carbocycles. The zero-order valence-corrected chi connectivity index (χ0v) is 13.8. The first-order chi connectivity index (χ1) is 10.1. The van der Waals surface area contributed by atoms with Gasteiger partial charge in [0.05, 0.1) is 24.9 Å². The molecule has 0 aliphatic carbocycles. The normalized spacial score (nSPS) is 10.5. The lowest BCUT2D eigenvalue weighted by Crippen LogP contribution is -2.12. The standard InChI is InChI=1S/C15H17BrN2O3/c1-4-5-18-14(13(16)9-17-18)15(19)10-6-11(20-2)8-12(7-10)21-3/h6-9H,4-5H2,1-3H3. The number of aromatic nitrogens is 2. The molecule has 0 bridgehead atoms. The van der Waals surface area contributed by atoms with Crippen molar-refractivity contribution >= 4 is 21.7 Å². The highest BCUT2D eigenvalue weighted by Gasteiger charge is 2.20. The molecule has 2 aromatic rings. The highest BCUT2D eigenvalue weighted by molar-refractivity contribution is 9.10. The Kier molecular flexibility index (Phi) is 5.01. The first kappa shape index (κ1) is 15.6. The van der Waals surface area contributed by atoms with E-state index >= 15 is 0 Å². The molecule has 5 nitrogen and oxygen atoms in total. The van der Waals surface area contributed by atoms with Crippen LogP contribution in [-0.2, 0) is 6.54 Å². The summed E-state index contributed by atoms with van der Waals surface area (Å²) >= 11 is 3.39. The zero-order valence-electron chi connectivity index (χ0n) is 12.2. The molecular weight excluding hydrogens is 336 g/mol. The van der Waals surface area contributed by atoms with Crippen molar-refractivity contribution in [3.05, 3.63) is 40.1 Å². The van der Waals surface area contributed by atoms with E-state index in [4.69, 9.17) is 9.47 Å². The SMILES string of the molecule is CCCn1ncc(Br)c1C(=O)c1cc(OC)cc(OC)c1. The number of benzene rings is 1. The molecular formula is C15H17BrN2O3. The summed E-state index contributed by atoms with van der Waals surface area (Å²) in [4.78, 5) is 12.8. The van der Waals surface area contributed by atoms with E-state index in [-0.39, 0.29) is 5.78 Å². The molecule has 21 heavy (non-hydrogen) atoms. The molecule has 0 aliphatic rings. The van der Waals surface area contributed by atoms with Gasteiger partial charge < -0.3 is 9.47 Å². The molecule has 0 amide bonds. The van der Waals surface area contributed by atoms with Gasteiger partial charge in [-0.15, -0.1) is 0 Å². The molecule has 0 saturated heterocycles. The molecule has 0 N–H and O–H groups in total. The van der Waals surface area contributed by atoms with Crippen molar-refractivity contribution in [1.29, 1.82) is 0 Å². The molecule has 0 atom stereocenters. The predicted octanol–water partition coefficient (Wildman–Crippen LogP) is 3.30. The van der Waals surface area contributed by atoms with Crippen molar-refractivity contribution in [2.24, 2.45) is 0 Å². The van der Waals surface area contributed by atoms with Gasteiger partial charge in [-0.3, -0.25) is 9.48 Å². The van der Waals surface area contributed by atoms with Gasteiger partial charge in [-0.2, -0.15) is 5.10 Å². The lowest BCUT2D eigenvalue weighted by molar-refractivity contribution is 0.102. The van der Waals surface area contributed by atoms with Crippen molar-refractivity contribution < 1.29 is 14.3 Å². The molecule has 0 spiro atoms. The van der Waals surface area contributed by atoms with Gasteiger partial charge in [-0.1, -0.05) is 6.92 Å². The summed E-state index contributed by atoms with van der Waals surface area (Å²) < 4.78 is 12.8. The lowest BCUT2D eigenvalue weighted by Gasteiger charge is -2.09. The van der Waals surface area contributed by atoms with Crippen LogP contribution in [0.1, 0.15) is 29.4 Å². The summed E-state index contributed by atoms with van der Waals surface area (Å²) in [5.74, 6) is 1.04. The van der Waals surface area contributed by atoms with E-state index in [0.29, 0.717) is 33.8 Å². The van der Waals surface area contributed by atoms with Gasteiger partial charge in [-0.05, 0) is 34.5 Å². The molecule has 6 heteroatoms. The third kappa shape index (κ3) is 3.26. The van der Waals surface area contributed by atoms with Gasteiger partial charge in [0.2, 0.25) is 5.78 Å². The van der Waals surface area contributed by atoms with Crippen molar-refractivity contribution in [3.63, 3.8) is 0 Å². The highest BCUT2D eigenvalue weighted by atomic mass is 79.9. The van der Waals surface area contributed by atoms with Crippen LogP contribution in [0.2, 0.25) is 0 Å². The van der Waals surface area contributed by atoms with E-state index in [1.807, 2.05) is 6.92 Å². The molecule has 112 valence electrons. The van der Waals surface area contributed by atoms with Crippen LogP contribution in [0, 0.1) is 0 Å². The van der Waals surface area contributed by atoms with Gasteiger partial charge in [0, 0.05) is 18.2 Å². The second-order valence-electron chi connectivity index (χ2n) is 4.49.